The molecule has 0 fully saturated rings. The van der Waals surface area contributed by atoms with Crippen LogP contribution in [0.2, 0.25) is 0 Å². The first kappa shape index (κ1) is 19.5. The molecule has 0 aliphatic rings. The summed E-state index contributed by atoms with van der Waals surface area (Å²) in [6.07, 6.45) is 1.51. The number of carbonyl (C=O) groups is 1. The molecule has 29 heavy (non-hydrogen) atoms. The van der Waals surface area contributed by atoms with Gasteiger partial charge in [-0.15, -0.1) is 11.3 Å². The Kier molecular flexibility index (Phi) is 5.86. The summed E-state index contributed by atoms with van der Waals surface area (Å²) in [6, 6.07) is 13.5. The van der Waals surface area contributed by atoms with E-state index in [0.717, 1.165) is 20.7 Å². The fourth-order valence-electron chi connectivity index (χ4n) is 2.86. The summed E-state index contributed by atoms with van der Waals surface area (Å²) in [5.74, 6) is 1.69. The molecule has 0 bridgehead atoms. The van der Waals surface area contributed by atoms with Gasteiger partial charge in [-0.05, 0) is 43.0 Å². The summed E-state index contributed by atoms with van der Waals surface area (Å²) in [4.78, 5) is 17.8. The molecule has 1 N–H and O–H groups in total. The van der Waals surface area contributed by atoms with Crippen LogP contribution in [-0.4, -0.2) is 25.8 Å². The molecule has 9 heteroatoms. The highest BCUT2D eigenvalue weighted by Crippen LogP contribution is 2.22. The average molecular weight is 472 g/mol. The van der Waals surface area contributed by atoms with Crippen LogP contribution in [-0.2, 0) is 11.2 Å². The van der Waals surface area contributed by atoms with Crippen molar-refractivity contribution >= 4 is 39.0 Å². The Labute approximate surface area is 179 Å². The Balaban J connectivity index is 1.35. The van der Waals surface area contributed by atoms with Crippen LogP contribution in [0.5, 0.6) is 0 Å². The second-order valence-electron chi connectivity index (χ2n) is 6.45. The number of aromatic nitrogens is 4. The van der Waals surface area contributed by atoms with E-state index in [4.69, 9.17) is 4.52 Å². The van der Waals surface area contributed by atoms with Gasteiger partial charge in [-0.25, -0.2) is 4.68 Å². The number of thiophene rings is 1. The summed E-state index contributed by atoms with van der Waals surface area (Å²) in [6.45, 7) is 1.89. The van der Waals surface area contributed by atoms with E-state index in [1.807, 2.05) is 54.8 Å². The van der Waals surface area contributed by atoms with Crippen molar-refractivity contribution in [2.75, 3.05) is 5.32 Å². The van der Waals surface area contributed by atoms with Gasteiger partial charge in [0.25, 0.3) is 0 Å². The number of hydrogen-bond donors (Lipinski definition) is 1. The van der Waals surface area contributed by atoms with E-state index in [1.54, 1.807) is 16.0 Å². The van der Waals surface area contributed by atoms with Gasteiger partial charge in [-0.3, -0.25) is 4.79 Å². The summed E-state index contributed by atoms with van der Waals surface area (Å²) >= 11 is 5.03. The van der Waals surface area contributed by atoms with Crippen molar-refractivity contribution in [2.45, 2.75) is 26.2 Å². The highest BCUT2D eigenvalue weighted by molar-refractivity contribution is 9.10. The number of halogens is 1. The Hall–Kier alpha value is -2.78. The third-order valence-corrected chi connectivity index (χ3v) is 5.51. The van der Waals surface area contributed by atoms with Crippen LogP contribution in [0.4, 0.5) is 5.82 Å². The Morgan fingerprint density at radius 1 is 1.28 bits per heavy atom. The predicted octanol–water partition coefficient (Wildman–Crippen LogP) is 5.02. The Bertz CT molecular complexity index is 1120. The predicted molar refractivity (Wildman–Crippen MR) is 115 cm³/mol. The van der Waals surface area contributed by atoms with Crippen molar-refractivity contribution in [1.29, 1.82) is 0 Å². The molecule has 148 valence electrons. The second-order valence-corrected chi connectivity index (χ2v) is 8.32. The first-order chi connectivity index (χ1) is 14.1. The van der Waals surface area contributed by atoms with Crippen LogP contribution in [0.25, 0.3) is 16.4 Å². The van der Waals surface area contributed by atoms with E-state index >= 15 is 0 Å². The number of rotatable bonds is 7. The number of benzene rings is 1. The highest BCUT2D eigenvalue weighted by atomic mass is 79.9. The lowest BCUT2D eigenvalue weighted by atomic mass is 10.2. The second kappa shape index (κ2) is 8.71. The summed E-state index contributed by atoms with van der Waals surface area (Å²) in [7, 11) is 0. The molecule has 4 rings (SSSR count). The van der Waals surface area contributed by atoms with Crippen LogP contribution in [0.1, 0.15) is 24.4 Å². The summed E-state index contributed by atoms with van der Waals surface area (Å²) in [5.41, 5.74) is 1.70. The Morgan fingerprint density at radius 3 is 2.97 bits per heavy atom. The van der Waals surface area contributed by atoms with Gasteiger partial charge in [-0.2, -0.15) is 10.1 Å². The zero-order chi connectivity index (χ0) is 20.2. The van der Waals surface area contributed by atoms with Gasteiger partial charge in [0.2, 0.25) is 17.6 Å². The van der Waals surface area contributed by atoms with E-state index in [-0.39, 0.29) is 5.91 Å². The van der Waals surface area contributed by atoms with Gasteiger partial charge >= 0.3 is 0 Å². The van der Waals surface area contributed by atoms with E-state index in [0.29, 0.717) is 36.8 Å². The highest BCUT2D eigenvalue weighted by Gasteiger charge is 2.13. The van der Waals surface area contributed by atoms with Gasteiger partial charge in [0.1, 0.15) is 5.82 Å². The SMILES string of the molecule is Cc1cc(NC(=O)CCCc2nc(-c3cccs3)no2)n(-c2cccc(Br)c2)n1. The number of hydrogen-bond acceptors (Lipinski definition) is 6. The van der Waals surface area contributed by atoms with E-state index in [2.05, 4.69) is 36.5 Å². The molecular weight excluding hydrogens is 454 g/mol. The topological polar surface area (TPSA) is 85.8 Å². The zero-order valence-electron chi connectivity index (χ0n) is 15.6. The van der Waals surface area contributed by atoms with Crippen molar-refractivity contribution < 1.29 is 9.32 Å². The quantitative estimate of drug-likeness (QED) is 0.409. The lowest BCUT2D eigenvalue weighted by Gasteiger charge is -2.09. The lowest BCUT2D eigenvalue weighted by molar-refractivity contribution is -0.116. The minimum absolute atomic E-state index is 0.0841. The van der Waals surface area contributed by atoms with Gasteiger partial charge in [0, 0.05) is 23.4 Å². The molecule has 0 spiro atoms. The molecule has 0 atom stereocenters. The number of aryl methyl sites for hydroxylation is 2. The molecule has 0 saturated carbocycles. The zero-order valence-corrected chi connectivity index (χ0v) is 18.0. The maximum atomic E-state index is 12.4. The van der Waals surface area contributed by atoms with Crippen molar-refractivity contribution in [2.24, 2.45) is 0 Å². The Morgan fingerprint density at radius 2 is 2.17 bits per heavy atom. The molecular formula is C20H18BrN5O2S. The minimum atomic E-state index is -0.0841. The lowest BCUT2D eigenvalue weighted by Crippen LogP contribution is -2.15. The molecule has 3 aromatic heterocycles. The molecule has 1 amide bonds. The summed E-state index contributed by atoms with van der Waals surface area (Å²) in [5, 5.41) is 13.4. The van der Waals surface area contributed by atoms with E-state index in [1.165, 1.54) is 0 Å². The smallest absolute Gasteiger partial charge is 0.226 e. The maximum absolute atomic E-state index is 12.4. The number of carbonyl (C=O) groups excluding carboxylic acids is 1. The molecule has 0 unspecified atom stereocenters. The largest absolute Gasteiger partial charge is 0.339 e. The molecule has 1 aromatic carbocycles. The third-order valence-electron chi connectivity index (χ3n) is 4.16. The van der Waals surface area contributed by atoms with Crippen LogP contribution in [0.3, 0.4) is 0 Å². The van der Waals surface area contributed by atoms with Gasteiger partial charge in [0.05, 0.1) is 16.3 Å². The standard InChI is InChI=1S/C20H18BrN5O2S/c1-13-11-17(26(24-13)15-6-2-5-14(21)12-15)22-18(27)8-3-9-19-23-20(25-28-19)16-7-4-10-29-16/h2,4-7,10-12H,3,8-9H2,1H3,(H,22,27). The number of nitrogens with zero attached hydrogens (tertiary/aromatic N) is 4. The monoisotopic (exact) mass is 471 g/mol. The van der Waals surface area contributed by atoms with E-state index in [9.17, 15) is 4.79 Å². The molecule has 0 aliphatic carbocycles. The number of nitrogens with one attached hydrogen (secondary N) is 1. The van der Waals surface area contributed by atoms with Crippen LogP contribution in [0.15, 0.2) is 56.8 Å². The van der Waals surface area contributed by atoms with Gasteiger partial charge in [0.15, 0.2) is 0 Å². The molecule has 7 nitrogen and oxygen atoms in total. The average Bonchev–Trinajstić information content (AvgIpc) is 3.42. The maximum Gasteiger partial charge on any atom is 0.226 e. The minimum Gasteiger partial charge on any atom is -0.339 e. The first-order valence-corrected chi connectivity index (χ1v) is 10.7. The normalized spacial score (nSPS) is 11.0. The summed E-state index contributed by atoms with van der Waals surface area (Å²) < 4.78 is 7.95. The molecule has 3 heterocycles. The third kappa shape index (κ3) is 4.80. The van der Waals surface area contributed by atoms with Gasteiger partial charge in [-0.1, -0.05) is 33.2 Å². The first-order valence-electron chi connectivity index (χ1n) is 9.07. The van der Waals surface area contributed by atoms with Crippen molar-refractivity contribution in [3.8, 4) is 16.4 Å². The molecule has 0 radical (unpaired) electrons. The van der Waals surface area contributed by atoms with Crippen LogP contribution in [0, 0.1) is 6.92 Å². The van der Waals surface area contributed by atoms with Gasteiger partial charge < -0.3 is 9.84 Å². The fraction of sp³-hybridized carbons (Fsp3) is 0.200. The van der Waals surface area contributed by atoms with Crippen LogP contribution < -0.4 is 5.32 Å². The molecule has 0 saturated heterocycles. The molecule has 0 aliphatic heterocycles. The van der Waals surface area contributed by atoms with Crippen LogP contribution >= 0.6 is 27.3 Å². The van der Waals surface area contributed by atoms with Crippen molar-refractivity contribution in [3.05, 3.63) is 63.9 Å². The molecule has 4 aromatic rings. The number of anilines is 1. The number of amides is 1. The van der Waals surface area contributed by atoms with Crippen molar-refractivity contribution in [3.63, 3.8) is 0 Å². The van der Waals surface area contributed by atoms with E-state index < -0.39 is 0 Å². The fourth-order valence-corrected chi connectivity index (χ4v) is 3.90. The van der Waals surface area contributed by atoms with Crippen molar-refractivity contribution in [1.82, 2.24) is 19.9 Å².